The lowest BCUT2D eigenvalue weighted by atomic mass is 9.72. The molecular formula is C32H58O3. The highest BCUT2D eigenvalue weighted by atomic mass is 16.6. The van der Waals surface area contributed by atoms with Crippen LogP contribution in [0, 0.1) is 16.7 Å². The van der Waals surface area contributed by atoms with Crippen LogP contribution >= 0.6 is 0 Å². The number of ether oxygens (including phenoxy) is 2. The van der Waals surface area contributed by atoms with E-state index in [9.17, 15) is 4.79 Å². The molecule has 0 fully saturated rings. The lowest BCUT2D eigenvalue weighted by Gasteiger charge is -2.33. The summed E-state index contributed by atoms with van der Waals surface area (Å²) < 4.78 is 11.5. The van der Waals surface area contributed by atoms with Gasteiger partial charge in [-0.25, -0.2) is 0 Å². The minimum atomic E-state index is -0.120. The SMILES string of the molecule is C.C/C=C\C=C(/COCCOC(=O)C(CC(C)(C)C)C(C)(C)C)C1=CC=C(CCC)CC1.CCC. The molecule has 0 saturated carbocycles. The molecule has 3 nitrogen and oxygen atoms in total. The summed E-state index contributed by atoms with van der Waals surface area (Å²) in [4.78, 5) is 12.7. The van der Waals surface area contributed by atoms with E-state index in [1.54, 1.807) is 0 Å². The van der Waals surface area contributed by atoms with Crippen LogP contribution in [-0.2, 0) is 14.3 Å². The lowest BCUT2D eigenvalue weighted by molar-refractivity contribution is -0.155. The van der Waals surface area contributed by atoms with E-state index in [-0.39, 0.29) is 30.1 Å². The van der Waals surface area contributed by atoms with E-state index in [1.807, 2.05) is 13.0 Å². The zero-order chi connectivity index (χ0) is 26.2. The summed E-state index contributed by atoms with van der Waals surface area (Å²) in [6.07, 6.45) is 17.4. The first-order chi connectivity index (χ1) is 15.9. The molecule has 204 valence electrons. The predicted molar refractivity (Wildman–Crippen MR) is 155 cm³/mol. The summed E-state index contributed by atoms with van der Waals surface area (Å²) >= 11 is 0. The molecule has 0 aliphatic heterocycles. The number of hydrogen-bond acceptors (Lipinski definition) is 3. The van der Waals surface area contributed by atoms with Crippen molar-refractivity contribution in [3.63, 3.8) is 0 Å². The number of carbonyl (C=O) groups excluding carboxylic acids is 1. The summed E-state index contributed by atoms with van der Waals surface area (Å²) in [5.74, 6) is -0.228. The van der Waals surface area contributed by atoms with E-state index < -0.39 is 0 Å². The summed E-state index contributed by atoms with van der Waals surface area (Å²) in [6.45, 7) is 22.6. The Bertz CT molecular complexity index is 693. The number of rotatable bonds is 11. The second-order valence-corrected chi connectivity index (χ2v) is 11.6. The average Bonchev–Trinajstić information content (AvgIpc) is 2.74. The molecule has 0 aromatic heterocycles. The van der Waals surface area contributed by atoms with Crippen molar-refractivity contribution in [2.45, 2.75) is 115 Å². The quantitative estimate of drug-likeness (QED) is 0.164. The van der Waals surface area contributed by atoms with Crippen LogP contribution in [0.2, 0.25) is 0 Å². The van der Waals surface area contributed by atoms with Crippen molar-refractivity contribution in [1.29, 1.82) is 0 Å². The van der Waals surface area contributed by atoms with Gasteiger partial charge in [-0.2, -0.15) is 0 Å². The number of allylic oxidation sites excluding steroid dienone is 6. The highest BCUT2D eigenvalue weighted by Crippen LogP contribution is 2.36. The molecule has 0 aromatic carbocycles. The second-order valence-electron chi connectivity index (χ2n) is 11.6. The maximum Gasteiger partial charge on any atom is 0.309 e. The molecule has 0 radical (unpaired) electrons. The molecule has 1 unspecified atom stereocenters. The Hall–Kier alpha value is -1.61. The second kappa shape index (κ2) is 18.6. The molecule has 0 saturated heterocycles. The molecule has 0 aromatic rings. The van der Waals surface area contributed by atoms with Crippen LogP contribution in [0.4, 0.5) is 0 Å². The fourth-order valence-corrected chi connectivity index (χ4v) is 3.78. The van der Waals surface area contributed by atoms with Gasteiger partial charge in [0, 0.05) is 0 Å². The van der Waals surface area contributed by atoms with Crippen LogP contribution in [0.5, 0.6) is 0 Å². The molecule has 0 heterocycles. The van der Waals surface area contributed by atoms with Crippen molar-refractivity contribution in [1.82, 2.24) is 0 Å². The van der Waals surface area contributed by atoms with Gasteiger partial charge in [0.2, 0.25) is 0 Å². The van der Waals surface area contributed by atoms with E-state index in [2.05, 4.69) is 86.6 Å². The van der Waals surface area contributed by atoms with Crippen molar-refractivity contribution in [3.05, 3.63) is 47.1 Å². The number of carbonyl (C=O) groups is 1. The first-order valence-electron chi connectivity index (χ1n) is 13.3. The number of hydrogen-bond donors (Lipinski definition) is 0. The van der Waals surface area contributed by atoms with Crippen LogP contribution in [0.25, 0.3) is 0 Å². The molecule has 0 amide bonds. The summed E-state index contributed by atoms with van der Waals surface area (Å²) in [5, 5.41) is 0. The van der Waals surface area contributed by atoms with Gasteiger partial charge in [0.25, 0.3) is 0 Å². The van der Waals surface area contributed by atoms with Gasteiger partial charge in [-0.1, -0.05) is 119 Å². The van der Waals surface area contributed by atoms with Crippen LogP contribution in [0.15, 0.2) is 47.1 Å². The number of esters is 1. The predicted octanol–water partition coefficient (Wildman–Crippen LogP) is 9.65. The third-order valence-corrected chi connectivity index (χ3v) is 5.59. The molecule has 0 N–H and O–H groups in total. The highest BCUT2D eigenvalue weighted by Gasteiger charge is 2.35. The van der Waals surface area contributed by atoms with Gasteiger partial charge >= 0.3 is 5.97 Å². The summed E-state index contributed by atoms with van der Waals surface area (Å²) in [5.41, 5.74) is 4.04. The molecule has 1 atom stereocenters. The Morgan fingerprint density at radius 1 is 1.03 bits per heavy atom. The van der Waals surface area contributed by atoms with Crippen molar-refractivity contribution >= 4 is 5.97 Å². The van der Waals surface area contributed by atoms with Crippen molar-refractivity contribution < 1.29 is 14.3 Å². The first kappa shape index (κ1) is 35.6. The zero-order valence-corrected chi connectivity index (χ0v) is 24.1. The summed E-state index contributed by atoms with van der Waals surface area (Å²) in [6, 6.07) is 0. The fourth-order valence-electron chi connectivity index (χ4n) is 3.78. The molecule has 35 heavy (non-hydrogen) atoms. The fraction of sp³-hybridized carbons (Fsp3) is 0.719. The largest absolute Gasteiger partial charge is 0.463 e. The lowest BCUT2D eigenvalue weighted by Crippen LogP contribution is -2.34. The zero-order valence-electron chi connectivity index (χ0n) is 24.1. The Morgan fingerprint density at radius 3 is 2.11 bits per heavy atom. The van der Waals surface area contributed by atoms with Gasteiger partial charge in [-0.15, -0.1) is 0 Å². The van der Waals surface area contributed by atoms with E-state index >= 15 is 0 Å². The minimum Gasteiger partial charge on any atom is -0.463 e. The van der Waals surface area contributed by atoms with Crippen molar-refractivity contribution in [3.8, 4) is 0 Å². The van der Waals surface area contributed by atoms with Crippen molar-refractivity contribution in [2.75, 3.05) is 19.8 Å². The van der Waals surface area contributed by atoms with E-state index in [0.717, 1.165) is 19.3 Å². The highest BCUT2D eigenvalue weighted by molar-refractivity contribution is 5.73. The molecule has 0 bridgehead atoms. The smallest absolute Gasteiger partial charge is 0.309 e. The minimum absolute atomic E-state index is 0. The van der Waals surface area contributed by atoms with Crippen LogP contribution in [-0.4, -0.2) is 25.8 Å². The van der Waals surface area contributed by atoms with Crippen LogP contribution < -0.4 is 0 Å². The van der Waals surface area contributed by atoms with Gasteiger partial charge in [0.15, 0.2) is 0 Å². The van der Waals surface area contributed by atoms with Crippen LogP contribution in [0.3, 0.4) is 0 Å². The molecule has 1 rings (SSSR count). The van der Waals surface area contributed by atoms with Crippen LogP contribution in [0.1, 0.15) is 115 Å². The standard InChI is InChI=1S/C28H46O3.C3H8.CH4/c1-9-11-13-24(23-16-14-22(12-10-2)15-17-23)21-30-18-19-31-26(29)25(28(6,7)8)20-27(3,4)5;1-3-2;/h9,11,13-14,16,25H,10,12,15,17-21H2,1-8H3;3H2,1-2H3;1H4/b11-9-,24-13+;;. The van der Waals surface area contributed by atoms with Gasteiger partial charge in [0.1, 0.15) is 6.61 Å². The third kappa shape index (κ3) is 16.6. The Labute approximate surface area is 219 Å². The molecule has 1 aliphatic carbocycles. The van der Waals surface area contributed by atoms with Gasteiger partial charge in [-0.3, -0.25) is 4.79 Å². The van der Waals surface area contributed by atoms with Gasteiger partial charge < -0.3 is 9.47 Å². The molecule has 3 heteroatoms. The molecule has 1 aliphatic rings. The Kier molecular flexibility index (Phi) is 18.9. The topological polar surface area (TPSA) is 35.5 Å². The van der Waals surface area contributed by atoms with Gasteiger partial charge in [-0.05, 0) is 54.6 Å². The normalized spacial score (nSPS) is 15.4. The maximum atomic E-state index is 12.7. The summed E-state index contributed by atoms with van der Waals surface area (Å²) in [7, 11) is 0. The van der Waals surface area contributed by atoms with Crippen molar-refractivity contribution in [2.24, 2.45) is 16.7 Å². The Morgan fingerprint density at radius 2 is 1.66 bits per heavy atom. The van der Waals surface area contributed by atoms with Gasteiger partial charge in [0.05, 0.1) is 19.1 Å². The molecular weight excluding hydrogens is 432 g/mol. The Balaban J connectivity index is 0. The monoisotopic (exact) mass is 490 g/mol. The molecule has 0 spiro atoms. The maximum absolute atomic E-state index is 12.7. The third-order valence-electron chi connectivity index (χ3n) is 5.59. The van der Waals surface area contributed by atoms with E-state index in [4.69, 9.17) is 9.47 Å². The van der Waals surface area contributed by atoms with E-state index in [1.165, 1.54) is 36.0 Å². The average molecular weight is 491 g/mol. The first-order valence-corrected chi connectivity index (χ1v) is 13.3. The van der Waals surface area contributed by atoms with E-state index in [0.29, 0.717) is 19.8 Å².